The minimum absolute atomic E-state index is 0.00844. The molecule has 3 N–H and O–H groups in total. The van der Waals surface area contributed by atoms with E-state index in [0.29, 0.717) is 24.3 Å². The van der Waals surface area contributed by atoms with Crippen molar-refractivity contribution in [3.05, 3.63) is 12.2 Å². The molecule has 2 aliphatic heterocycles. The number of piperidine rings is 1. The van der Waals surface area contributed by atoms with Crippen LogP contribution in [0.2, 0.25) is 0 Å². The Hall–Kier alpha value is -0.910. The van der Waals surface area contributed by atoms with Crippen LogP contribution in [0.15, 0.2) is 12.2 Å². The van der Waals surface area contributed by atoms with Crippen molar-refractivity contribution in [2.24, 2.45) is 29.6 Å². The van der Waals surface area contributed by atoms with Crippen LogP contribution in [-0.4, -0.2) is 56.5 Å². The van der Waals surface area contributed by atoms with Crippen molar-refractivity contribution in [1.82, 2.24) is 4.90 Å². The van der Waals surface area contributed by atoms with Crippen molar-refractivity contribution in [1.29, 1.82) is 0 Å². The van der Waals surface area contributed by atoms with Gasteiger partial charge in [-0.25, -0.2) is 0 Å². The fourth-order valence-electron chi connectivity index (χ4n) is 8.26. The average Bonchev–Trinajstić information content (AvgIpc) is 3.42. The van der Waals surface area contributed by atoms with Gasteiger partial charge in [-0.3, -0.25) is 9.69 Å². The summed E-state index contributed by atoms with van der Waals surface area (Å²) in [5, 5.41) is 31.0. The third-order valence-corrected chi connectivity index (χ3v) is 9.23. The van der Waals surface area contributed by atoms with E-state index in [1.165, 1.54) is 0 Å². The van der Waals surface area contributed by atoms with Crippen LogP contribution in [0.25, 0.3) is 0 Å². The largest absolute Gasteiger partial charge is 0.480 e. The van der Waals surface area contributed by atoms with Gasteiger partial charge in [-0.15, -0.1) is 0 Å². The summed E-state index contributed by atoms with van der Waals surface area (Å²) in [6.45, 7) is 4.48. The van der Waals surface area contributed by atoms with E-state index in [1.807, 2.05) is 6.08 Å². The maximum atomic E-state index is 13.3. The monoisotopic (exact) mass is 419 g/mol. The molecule has 0 bridgehead atoms. The van der Waals surface area contributed by atoms with Gasteiger partial charge in [-0.1, -0.05) is 51.7 Å². The van der Waals surface area contributed by atoms with E-state index in [1.54, 1.807) is 6.08 Å². The molecule has 2 saturated carbocycles. The fourth-order valence-corrected chi connectivity index (χ4v) is 8.26. The normalized spacial score (nSPS) is 43.2. The first-order chi connectivity index (χ1) is 14.5. The van der Waals surface area contributed by atoms with E-state index in [0.717, 1.165) is 57.8 Å². The van der Waals surface area contributed by atoms with E-state index in [2.05, 4.69) is 18.7 Å². The quantitative estimate of drug-likeness (QED) is 0.547. The molecule has 4 fully saturated rings. The first-order valence-corrected chi connectivity index (χ1v) is 12.4. The number of hydrogen-bond donors (Lipinski definition) is 3. The van der Waals surface area contributed by atoms with Crippen LogP contribution < -0.4 is 0 Å². The number of rotatable bonds is 7. The highest BCUT2D eigenvalue weighted by Crippen LogP contribution is 2.59. The van der Waals surface area contributed by atoms with Crippen molar-refractivity contribution < 1.29 is 20.1 Å². The van der Waals surface area contributed by atoms with Gasteiger partial charge in [-0.2, -0.15) is 0 Å². The van der Waals surface area contributed by atoms with Gasteiger partial charge in [-0.05, 0) is 62.2 Å². The molecule has 0 aromatic rings. The van der Waals surface area contributed by atoms with Crippen molar-refractivity contribution in [2.75, 3.05) is 6.61 Å². The molecule has 0 amide bonds. The third kappa shape index (κ3) is 3.36. The summed E-state index contributed by atoms with van der Waals surface area (Å²) >= 11 is 0. The standard InChI is InChI=1S/C25H41NO4/c1-3-7-16(2)21-12-11-18-14-20-19(10-6-13-27)23(28)15-22(20)26(18)25(21,24(29)30)17-8-4-5-9-17/h6,10,16-23,27-28H,3-5,7-9,11-15H2,1-2H3,(H,29,30)/t16?,18?,19-,20-,21?,22-,23-,25?/m1/s1. The van der Waals surface area contributed by atoms with Crippen LogP contribution in [0.1, 0.15) is 78.1 Å². The van der Waals surface area contributed by atoms with Crippen LogP contribution >= 0.6 is 0 Å². The topological polar surface area (TPSA) is 81.0 Å². The summed E-state index contributed by atoms with van der Waals surface area (Å²) in [6, 6.07) is 0.464. The summed E-state index contributed by atoms with van der Waals surface area (Å²) in [4.78, 5) is 15.8. The van der Waals surface area contributed by atoms with E-state index in [4.69, 9.17) is 0 Å². The Bertz CT molecular complexity index is 645. The predicted octanol–water partition coefficient (Wildman–Crippen LogP) is 3.83. The number of carboxylic acid groups (broad SMARTS) is 1. The van der Waals surface area contributed by atoms with Gasteiger partial charge in [0.05, 0.1) is 12.7 Å². The number of carboxylic acids is 1. The number of fused-ring (bicyclic) bond motifs is 3. The van der Waals surface area contributed by atoms with E-state index < -0.39 is 17.6 Å². The van der Waals surface area contributed by atoms with Crippen LogP contribution in [0.3, 0.4) is 0 Å². The Kier molecular flexibility index (Phi) is 6.62. The number of aliphatic carboxylic acids is 1. The maximum Gasteiger partial charge on any atom is 0.324 e. The highest BCUT2D eigenvalue weighted by Gasteiger charge is 2.66. The molecule has 0 radical (unpaired) electrons. The van der Waals surface area contributed by atoms with Crippen LogP contribution in [-0.2, 0) is 4.79 Å². The molecule has 4 rings (SSSR count). The van der Waals surface area contributed by atoms with Gasteiger partial charge in [0.15, 0.2) is 0 Å². The third-order valence-electron chi connectivity index (χ3n) is 9.23. The molecule has 8 atom stereocenters. The van der Waals surface area contributed by atoms with Gasteiger partial charge < -0.3 is 15.3 Å². The van der Waals surface area contributed by atoms with E-state index in [9.17, 15) is 20.1 Å². The molecule has 2 aliphatic carbocycles. The molecule has 5 nitrogen and oxygen atoms in total. The first-order valence-electron chi connectivity index (χ1n) is 12.4. The van der Waals surface area contributed by atoms with Crippen molar-refractivity contribution in [3.63, 3.8) is 0 Å². The summed E-state index contributed by atoms with van der Waals surface area (Å²) < 4.78 is 0. The second-order valence-corrected chi connectivity index (χ2v) is 10.6. The smallest absolute Gasteiger partial charge is 0.324 e. The van der Waals surface area contributed by atoms with Gasteiger partial charge >= 0.3 is 5.97 Å². The molecular formula is C25H41NO4. The molecule has 5 heteroatoms. The minimum Gasteiger partial charge on any atom is -0.480 e. The molecule has 0 spiro atoms. The summed E-state index contributed by atoms with van der Waals surface area (Å²) in [5.41, 5.74) is -0.775. The fraction of sp³-hybridized carbons (Fsp3) is 0.880. The highest BCUT2D eigenvalue weighted by molar-refractivity contribution is 5.80. The average molecular weight is 420 g/mol. The number of nitrogens with zero attached hydrogens (tertiary/aromatic N) is 1. The molecule has 170 valence electrons. The molecule has 2 saturated heterocycles. The lowest BCUT2D eigenvalue weighted by Crippen LogP contribution is -2.70. The zero-order valence-corrected chi connectivity index (χ0v) is 18.7. The summed E-state index contributed by atoms with van der Waals surface area (Å²) in [7, 11) is 0. The van der Waals surface area contributed by atoms with Gasteiger partial charge in [0.1, 0.15) is 5.54 Å². The van der Waals surface area contributed by atoms with Crippen LogP contribution in [0.4, 0.5) is 0 Å². The number of aliphatic hydroxyl groups excluding tert-OH is 2. The summed E-state index contributed by atoms with van der Waals surface area (Å²) in [6.07, 6.45) is 13.6. The minimum atomic E-state index is -0.775. The van der Waals surface area contributed by atoms with Crippen LogP contribution in [0, 0.1) is 29.6 Å². The Morgan fingerprint density at radius 3 is 2.57 bits per heavy atom. The van der Waals surface area contributed by atoms with Gasteiger partial charge in [0, 0.05) is 18.0 Å². The lowest BCUT2D eigenvalue weighted by Gasteiger charge is -2.57. The van der Waals surface area contributed by atoms with Crippen molar-refractivity contribution in [2.45, 2.75) is 102 Å². The molecule has 2 heterocycles. The van der Waals surface area contributed by atoms with Gasteiger partial charge in [0.2, 0.25) is 0 Å². The molecule has 4 aliphatic rings. The molecule has 30 heavy (non-hydrogen) atoms. The molecule has 4 unspecified atom stereocenters. The molecule has 0 aromatic carbocycles. The maximum absolute atomic E-state index is 13.3. The molecular weight excluding hydrogens is 378 g/mol. The lowest BCUT2D eigenvalue weighted by atomic mass is 9.61. The van der Waals surface area contributed by atoms with E-state index in [-0.39, 0.29) is 30.4 Å². The number of aliphatic hydroxyl groups is 2. The highest BCUT2D eigenvalue weighted by atomic mass is 16.4. The number of hydrogen-bond acceptors (Lipinski definition) is 4. The second-order valence-electron chi connectivity index (χ2n) is 10.6. The van der Waals surface area contributed by atoms with Crippen molar-refractivity contribution in [3.8, 4) is 0 Å². The Morgan fingerprint density at radius 2 is 1.93 bits per heavy atom. The van der Waals surface area contributed by atoms with E-state index >= 15 is 0 Å². The summed E-state index contributed by atoms with van der Waals surface area (Å²) in [5.74, 6) is 0.560. The zero-order chi connectivity index (χ0) is 21.5. The molecule has 0 aromatic heterocycles. The number of carbonyl (C=O) groups is 1. The van der Waals surface area contributed by atoms with Crippen LogP contribution in [0.5, 0.6) is 0 Å². The lowest BCUT2D eigenvalue weighted by molar-refractivity contribution is -0.177. The predicted molar refractivity (Wildman–Crippen MR) is 117 cm³/mol. The van der Waals surface area contributed by atoms with Gasteiger partial charge in [0.25, 0.3) is 0 Å². The Balaban J connectivity index is 1.76. The zero-order valence-electron chi connectivity index (χ0n) is 18.7. The van der Waals surface area contributed by atoms with Crippen molar-refractivity contribution >= 4 is 5.97 Å². The Labute approximate surface area is 181 Å². The first kappa shape index (κ1) is 22.3. The SMILES string of the molecule is CCCC(C)C1CCC2C[C@@H]3[C@@H](C=CCO)[C@H](O)C[C@H]3N2C1(C(=O)O)C1CCCC1. The Morgan fingerprint density at radius 1 is 1.20 bits per heavy atom. The second kappa shape index (κ2) is 8.91.